The molecule has 1 unspecified atom stereocenters. The van der Waals surface area contributed by atoms with Crippen molar-refractivity contribution in [2.45, 2.75) is 25.2 Å². The third-order valence-corrected chi connectivity index (χ3v) is 4.02. The van der Waals surface area contributed by atoms with Crippen molar-refractivity contribution < 1.29 is 13.2 Å². The standard InChI is InChI=1S/C15H22F3N3/c1-19-9-11-4-5-12(8-14(11)15(16,17)18)21-7-6-13(10-21)20(2)3/h4-5,8,13,19H,6-7,9-10H2,1-3H3. The van der Waals surface area contributed by atoms with Crippen LogP contribution in [-0.4, -0.2) is 45.2 Å². The second-order valence-electron chi connectivity index (χ2n) is 5.72. The van der Waals surface area contributed by atoms with E-state index in [-0.39, 0.29) is 12.1 Å². The van der Waals surface area contributed by atoms with Gasteiger partial charge in [-0.1, -0.05) is 6.07 Å². The third-order valence-electron chi connectivity index (χ3n) is 4.02. The van der Waals surface area contributed by atoms with Crippen molar-refractivity contribution in [3.05, 3.63) is 29.3 Å². The summed E-state index contributed by atoms with van der Waals surface area (Å²) in [6.07, 6.45) is -3.34. The molecule has 0 spiro atoms. The van der Waals surface area contributed by atoms with Crippen molar-refractivity contribution in [3.63, 3.8) is 0 Å². The smallest absolute Gasteiger partial charge is 0.370 e. The first kappa shape index (κ1) is 16.1. The zero-order valence-electron chi connectivity index (χ0n) is 12.7. The molecule has 0 aliphatic carbocycles. The quantitative estimate of drug-likeness (QED) is 0.922. The molecule has 1 aliphatic rings. The van der Waals surface area contributed by atoms with Crippen molar-refractivity contribution in [2.75, 3.05) is 39.1 Å². The second-order valence-corrected chi connectivity index (χ2v) is 5.72. The molecule has 21 heavy (non-hydrogen) atoms. The molecule has 118 valence electrons. The van der Waals surface area contributed by atoms with Crippen LogP contribution in [0.25, 0.3) is 0 Å². The number of hydrogen-bond donors (Lipinski definition) is 1. The molecule has 1 heterocycles. The molecule has 1 aromatic carbocycles. The Labute approximate surface area is 123 Å². The van der Waals surface area contributed by atoms with E-state index in [1.54, 1.807) is 19.2 Å². The van der Waals surface area contributed by atoms with Gasteiger partial charge in [-0.25, -0.2) is 0 Å². The molecule has 1 N–H and O–H groups in total. The third kappa shape index (κ3) is 3.68. The minimum Gasteiger partial charge on any atom is -0.370 e. The van der Waals surface area contributed by atoms with E-state index in [0.29, 0.717) is 11.7 Å². The van der Waals surface area contributed by atoms with Crippen molar-refractivity contribution in [3.8, 4) is 0 Å². The maximum atomic E-state index is 13.2. The van der Waals surface area contributed by atoms with Gasteiger partial charge in [-0.2, -0.15) is 13.2 Å². The predicted octanol–water partition coefficient (Wildman–Crippen LogP) is 2.57. The highest BCUT2D eigenvalue weighted by atomic mass is 19.4. The summed E-state index contributed by atoms with van der Waals surface area (Å²) in [7, 11) is 5.66. The Hall–Kier alpha value is -1.27. The van der Waals surface area contributed by atoms with Gasteiger partial charge in [0.1, 0.15) is 0 Å². The fraction of sp³-hybridized carbons (Fsp3) is 0.600. The van der Waals surface area contributed by atoms with Crippen molar-refractivity contribution in [1.29, 1.82) is 0 Å². The summed E-state index contributed by atoms with van der Waals surface area (Å²) in [5, 5.41) is 2.79. The molecule has 1 fully saturated rings. The minimum absolute atomic E-state index is 0.218. The molecule has 2 rings (SSSR count). The van der Waals surface area contributed by atoms with E-state index in [1.807, 2.05) is 19.0 Å². The summed E-state index contributed by atoms with van der Waals surface area (Å²) in [5.41, 5.74) is 0.409. The van der Waals surface area contributed by atoms with Crippen LogP contribution < -0.4 is 10.2 Å². The Morgan fingerprint density at radius 2 is 2.05 bits per heavy atom. The van der Waals surface area contributed by atoms with Gasteiger partial charge in [-0.15, -0.1) is 0 Å². The van der Waals surface area contributed by atoms with E-state index >= 15 is 0 Å². The zero-order valence-corrected chi connectivity index (χ0v) is 12.7. The van der Waals surface area contributed by atoms with Crippen LogP contribution in [-0.2, 0) is 12.7 Å². The number of halogens is 3. The molecule has 1 atom stereocenters. The number of nitrogens with one attached hydrogen (secondary N) is 1. The average molecular weight is 301 g/mol. The van der Waals surface area contributed by atoms with Crippen LogP contribution in [0.15, 0.2) is 18.2 Å². The van der Waals surface area contributed by atoms with Crippen LogP contribution in [0.1, 0.15) is 17.5 Å². The Kier molecular flexibility index (Phi) is 4.78. The lowest BCUT2D eigenvalue weighted by Gasteiger charge is -2.23. The van der Waals surface area contributed by atoms with Crippen LogP contribution in [0.5, 0.6) is 0 Å². The molecule has 6 heteroatoms. The summed E-state index contributed by atoms with van der Waals surface area (Å²) in [6, 6.07) is 5.05. The molecular weight excluding hydrogens is 279 g/mol. The van der Waals surface area contributed by atoms with Gasteiger partial charge >= 0.3 is 6.18 Å². The lowest BCUT2D eigenvalue weighted by atomic mass is 10.1. The van der Waals surface area contributed by atoms with Gasteiger partial charge in [0.2, 0.25) is 0 Å². The number of benzene rings is 1. The summed E-state index contributed by atoms with van der Waals surface area (Å²) in [4.78, 5) is 4.16. The van der Waals surface area contributed by atoms with E-state index < -0.39 is 11.7 Å². The number of nitrogens with zero attached hydrogens (tertiary/aromatic N) is 2. The molecule has 0 aromatic heterocycles. The highest BCUT2D eigenvalue weighted by molar-refractivity contribution is 5.53. The molecule has 1 saturated heterocycles. The molecule has 1 aliphatic heterocycles. The van der Waals surface area contributed by atoms with Crippen molar-refractivity contribution in [2.24, 2.45) is 0 Å². The minimum atomic E-state index is -4.32. The van der Waals surface area contributed by atoms with E-state index in [2.05, 4.69) is 10.2 Å². The number of rotatable bonds is 4. The highest BCUT2D eigenvalue weighted by Crippen LogP contribution is 2.35. The first-order chi connectivity index (χ1) is 9.82. The molecular formula is C15H22F3N3. The van der Waals surface area contributed by atoms with E-state index in [1.165, 1.54) is 6.07 Å². The van der Waals surface area contributed by atoms with Crippen LogP contribution >= 0.6 is 0 Å². The van der Waals surface area contributed by atoms with Crippen LogP contribution in [0.3, 0.4) is 0 Å². The predicted molar refractivity (Wildman–Crippen MR) is 78.5 cm³/mol. The maximum absolute atomic E-state index is 13.2. The lowest BCUT2D eigenvalue weighted by molar-refractivity contribution is -0.138. The van der Waals surface area contributed by atoms with Crippen LogP contribution in [0, 0.1) is 0 Å². The summed E-state index contributed by atoms with van der Waals surface area (Å²) >= 11 is 0. The Morgan fingerprint density at radius 3 is 2.57 bits per heavy atom. The van der Waals surface area contributed by atoms with Gasteiger partial charge in [0.25, 0.3) is 0 Å². The fourth-order valence-electron chi connectivity index (χ4n) is 2.77. The number of hydrogen-bond acceptors (Lipinski definition) is 3. The monoisotopic (exact) mass is 301 g/mol. The molecule has 3 nitrogen and oxygen atoms in total. The molecule has 0 radical (unpaired) electrons. The zero-order chi connectivity index (χ0) is 15.6. The number of alkyl halides is 3. The van der Waals surface area contributed by atoms with E-state index in [9.17, 15) is 13.2 Å². The summed E-state index contributed by atoms with van der Waals surface area (Å²) in [5.74, 6) is 0. The van der Waals surface area contributed by atoms with Gasteiger partial charge in [0.15, 0.2) is 0 Å². The van der Waals surface area contributed by atoms with Gasteiger partial charge in [0, 0.05) is 31.4 Å². The normalized spacial score (nSPS) is 19.6. The van der Waals surface area contributed by atoms with E-state index in [0.717, 1.165) is 19.5 Å². The number of anilines is 1. The molecule has 0 amide bonds. The SMILES string of the molecule is CNCc1ccc(N2CCC(N(C)C)C2)cc1C(F)(F)F. The Morgan fingerprint density at radius 1 is 1.33 bits per heavy atom. The van der Waals surface area contributed by atoms with Gasteiger partial charge in [-0.3, -0.25) is 0 Å². The fourth-order valence-corrected chi connectivity index (χ4v) is 2.77. The first-order valence-corrected chi connectivity index (χ1v) is 7.09. The second kappa shape index (κ2) is 6.23. The van der Waals surface area contributed by atoms with Crippen LogP contribution in [0.4, 0.5) is 18.9 Å². The Bertz CT molecular complexity index is 486. The van der Waals surface area contributed by atoms with Gasteiger partial charge < -0.3 is 15.1 Å². The molecule has 1 aromatic rings. The lowest BCUT2D eigenvalue weighted by Crippen LogP contribution is -2.31. The van der Waals surface area contributed by atoms with Crippen molar-refractivity contribution in [1.82, 2.24) is 10.2 Å². The average Bonchev–Trinajstić information content (AvgIpc) is 2.88. The van der Waals surface area contributed by atoms with Gasteiger partial charge in [-0.05, 0) is 45.3 Å². The van der Waals surface area contributed by atoms with Gasteiger partial charge in [0.05, 0.1) is 5.56 Å². The Balaban J connectivity index is 2.26. The maximum Gasteiger partial charge on any atom is 0.416 e. The first-order valence-electron chi connectivity index (χ1n) is 7.09. The topological polar surface area (TPSA) is 18.5 Å². The molecule has 0 saturated carbocycles. The summed E-state index contributed by atoms with van der Waals surface area (Å²) in [6.45, 7) is 1.79. The highest BCUT2D eigenvalue weighted by Gasteiger charge is 2.34. The largest absolute Gasteiger partial charge is 0.416 e. The molecule has 0 bridgehead atoms. The summed E-state index contributed by atoms with van der Waals surface area (Å²) < 4.78 is 39.6. The van der Waals surface area contributed by atoms with E-state index in [4.69, 9.17) is 0 Å². The van der Waals surface area contributed by atoms with Crippen LogP contribution in [0.2, 0.25) is 0 Å². The van der Waals surface area contributed by atoms with Crippen molar-refractivity contribution >= 4 is 5.69 Å². The number of likely N-dealkylation sites (N-methyl/N-ethyl adjacent to an activating group) is 1.